The van der Waals surface area contributed by atoms with Gasteiger partial charge in [-0.3, -0.25) is 0 Å². The predicted molar refractivity (Wildman–Crippen MR) is 77.3 cm³/mol. The highest BCUT2D eigenvalue weighted by molar-refractivity contribution is 5.40. The van der Waals surface area contributed by atoms with Crippen molar-refractivity contribution in [1.29, 1.82) is 0 Å². The fourth-order valence-corrected chi connectivity index (χ4v) is 3.05. The van der Waals surface area contributed by atoms with Crippen LogP contribution >= 0.6 is 0 Å². The molecule has 1 saturated carbocycles. The molecule has 0 radical (unpaired) electrons. The maximum absolute atomic E-state index is 10.8. The smallest absolute Gasteiger partial charge is 0.122 e. The van der Waals surface area contributed by atoms with Crippen LogP contribution in [0.1, 0.15) is 44.3 Å². The fourth-order valence-electron chi connectivity index (χ4n) is 3.05. The SMILES string of the molecule is CCOC1(C(O)c2cc(OC)cc(OC)c2)CCCC1. The van der Waals surface area contributed by atoms with Crippen LogP contribution < -0.4 is 9.47 Å². The molecule has 1 fully saturated rings. The van der Waals surface area contributed by atoms with E-state index in [0.717, 1.165) is 31.2 Å². The van der Waals surface area contributed by atoms with Gasteiger partial charge >= 0.3 is 0 Å². The molecule has 0 saturated heterocycles. The molecular formula is C16H24O4. The summed E-state index contributed by atoms with van der Waals surface area (Å²) >= 11 is 0. The third-order valence-electron chi connectivity index (χ3n) is 4.07. The van der Waals surface area contributed by atoms with Gasteiger partial charge in [-0.2, -0.15) is 0 Å². The molecule has 0 bridgehead atoms. The number of methoxy groups -OCH3 is 2. The molecule has 0 aliphatic heterocycles. The van der Waals surface area contributed by atoms with E-state index in [1.54, 1.807) is 20.3 Å². The van der Waals surface area contributed by atoms with E-state index in [4.69, 9.17) is 14.2 Å². The number of hydrogen-bond acceptors (Lipinski definition) is 4. The standard InChI is InChI=1S/C16H24O4/c1-4-20-16(7-5-6-8-16)15(17)12-9-13(18-2)11-14(10-12)19-3/h9-11,15,17H,4-8H2,1-3H3. The Balaban J connectivity index is 2.33. The van der Waals surface area contributed by atoms with Crippen molar-refractivity contribution in [1.82, 2.24) is 0 Å². The van der Waals surface area contributed by atoms with Crippen LogP contribution in [0.25, 0.3) is 0 Å². The summed E-state index contributed by atoms with van der Waals surface area (Å²) in [5.41, 5.74) is 0.322. The summed E-state index contributed by atoms with van der Waals surface area (Å²) in [5, 5.41) is 10.8. The summed E-state index contributed by atoms with van der Waals surface area (Å²) < 4.78 is 16.5. The van der Waals surface area contributed by atoms with Crippen LogP contribution in [0.3, 0.4) is 0 Å². The molecule has 0 spiro atoms. The lowest BCUT2D eigenvalue weighted by atomic mass is 9.89. The average molecular weight is 280 g/mol. The van der Waals surface area contributed by atoms with Gasteiger partial charge in [0.2, 0.25) is 0 Å². The first-order chi connectivity index (χ1) is 9.65. The molecule has 2 rings (SSSR count). The molecule has 0 amide bonds. The van der Waals surface area contributed by atoms with Crippen molar-refractivity contribution in [3.05, 3.63) is 23.8 Å². The number of rotatable bonds is 6. The van der Waals surface area contributed by atoms with Crippen molar-refractivity contribution < 1.29 is 19.3 Å². The summed E-state index contributed by atoms with van der Waals surface area (Å²) in [6.45, 7) is 2.58. The Hall–Kier alpha value is -1.26. The maximum Gasteiger partial charge on any atom is 0.122 e. The molecule has 1 aliphatic carbocycles. The number of hydrogen-bond donors (Lipinski definition) is 1. The van der Waals surface area contributed by atoms with Crippen molar-refractivity contribution in [3.8, 4) is 11.5 Å². The zero-order chi connectivity index (χ0) is 14.6. The van der Waals surface area contributed by atoms with Crippen LogP contribution in [0.2, 0.25) is 0 Å². The summed E-state index contributed by atoms with van der Waals surface area (Å²) in [6.07, 6.45) is 3.31. The Morgan fingerprint density at radius 3 is 2.10 bits per heavy atom. The van der Waals surface area contributed by atoms with Crippen molar-refractivity contribution in [2.45, 2.75) is 44.3 Å². The van der Waals surface area contributed by atoms with Crippen LogP contribution in [0.4, 0.5) is 0 Å². The molecule has 1 atom stereocenters. The lowest BCUT2D eigenvalue weighted by Crippen LogP contribution is -2.36. The van der Waals surface area contributed by atoms with E-state index < -0.39 is 11.7 Å². The minimum atomic E-state index is -0.658. The first-order valence-electron chi connectivity index (χ1n) is 7.20. The molecule has 0 heterocycles. The van der Waals surface area contributed by atoms with Gasteiger partial charge in [-0.25, -0.2) is 0 Å². The van der Waals surface area contributed by atoms with E-state index in [1.807, 2.05) is 19.1 Å². The van der Waals surface area contributed by atoms with Gasteiger partial charge in [0.05, 0.1) is 19.8 Å². The van der Waals surface area contributed by atoms with Crippen LogP contribution in [0, 0.1) is 0 Å². The largest absolute Gasteiger partial charge is 0.497 e. The fraction of sp³-hybridized carbons (Fsp3) is 0.625. The molecule has 1 unspecified atom stereocenters. The minimum Gasteiger partial charge on any atom is -0.497 e. The van der Waals surface area contributed by atoms with Crippen LogP contribution in [0.5, 0.6) is 11.5 Å². The normalized spacial score (nSPS) is 18.8. The van der Waals surface area contributed by atoms with Gasteiger partial charge in [0.25, 0.3) is 0 Å². The minimum absolute atomic E-state index is 0.466. The monoisotopic (exact) mass is 280 g/mol. The highest BCUT2D eigenvalue weighted by Crippen LogP contribution is 2.44. The van der Waals surface area contributed by atoms with Gasteiger partial charge < -0.3 is 19.3 Å². The molecule has 1 N–H and O–H groups in total. The molecule has 4 heteroatoms. The Labute approximate surface area is 120 Å². The van der Waals surface area contributed by atoms with Crippen LogP contribution in [0.15, 0.2) is 18.2 Å². The Morgan fingerprint density at radius 1 is 1.10 bits per heavy atom. The van der Waals surface area contributed by atoms with Gasteiger partial charge in [0, 0.05) is 12.7 Å². The zero-order valence-corrected chi connectivity index (χ0v) is 12.5. The van der Waals surface area contributed by atoms with Gasteiger partial charge in [0.1, 0.15) is 17.6 Å². The molecule has 0 aromatic heterocycles. The van der Waals surface area contributed by atoms with E-state index in [-0.39, 0.29) is 0 Å². The molecule has 112 valence electrons. The summed E-state index contributed by atoms with van der Waals surface area (Å²) in [6, 6.07) is 5.51. The molecule has 20 heavy (non-hydrogen) atoms. The number of benzene rings is 1. The van der Waals surface area contributed by atoms with E-state index in [0.29, 0.717) is 18.1 Å². The first kappa shape index (κ1) is 15.1. The number of aliphatic hydroxyl groups is 1. The second kappa shape index (κ2) is 6.46. The van der Waals surface area contributed by atoms with Gasteiger partial charge in [-0.15, -0.1) is 0 Å². The van der Waals surface area contributed by atoms with Crippen molar-refractivity contribution in [2.24, 2.45) is 0 Å². The molecular weight excluding hydrogens is 256 g/mol. The van der Waals surface area contributed by atoms with E-state index >= 15 is 0 Å². The predicted octanol–water partition coefficient (Wildman–Crippen LogP) is 3.09. The number of aliphatic hydroxyl groups excluding tert-OH is 1. The van der Waals surface area contributed by atoms with Gasteiger partial charge in [-0.1, -0.05) is 12.8 Å². The molecule has 1 aromatic rings. The average Bonchev–Trinajstić information content (AvgIpc) is 2.96. The highest BCUT2D eigenvalue weighted by atomic mass is 16.5. The molecule has 1 aliphatic rings. The Morgan fingerprint density at radius 2 is 1.65 bits per heavy atom. The third kappa shape index (κ3) is 2.91. The highest BCUT2D eigenvalue weighted by Gasteiger charge is 2.42. The zero-order valence-electron chi connectivity index (χ0n) is 12.5. The topological polar surface area (TPSA) is 47.9 Å². The lowest BCUT2D eigenvalue weighted by molar-refractivity contribution is -0.118. The van der Waals surface area contributed by atoms with Crippen molar-refractivity contribution in [2.75, 3.05) is 20.8 Å². The summed E-state index contributed by atoms with van der Waals surface area (Å²) in [7, 11) is 3.22. The maximum atomic E-state index is 10.8. The van der Waals surface area contributed by atoms with E-state index in [1.165, 1.54) is 0 Å². The van der Waals surface area contributed by atoms with Crippen molar-refractivity contribution in [3.63, 3.8) is 0 Å². The summed E-state index contributed by atoms with van der Waals surface area (Å²) in [4.78, 5) is 0. The molecule has 4 nitrogen and oxygen atoms in total. The van der Waals surface area contributed by atoms with Crippen LogP contribution in [-0.4, -0.2) is 31.5 Å². The second-order valence-electron chi connectivity index (χ2n) is 5.25. The Kier molecular flexibility index (Phi) is 4.89. The van der Waals surface area contributed by atoms with E-state index in [2.05, 4.69) is 0 Å². The van der Waals surface area contributed by atoms with Crippen LogP contribution in [-0.2, 0) is 4.74 Å². The Bertz CT molecular complexity index is 416. The first-order valence-corrected chi connectivity index (χ1v) is 7.20. The second-order valence-corrected chi connectivity index (χ2v) is 5.25. The lowest BCUT2D eigenvalue weighted by Gasteiger charge is -2.34. The van der Waals surface area contributed by atoms with Gasteiger partial charge in [-0.05, 0) is 37.5 Å². The summed E-state index contributed by atoms with van der Waals surface area (Å²) in [5.74, 6) is 1.37. The molecule has 1 aromatic carbocycles. The van der Waals surface area contributed by atoms with Crippen molar-refractivity contribution >= 4 is 0 Å². The van der Waals surface area contributed by atoms with Gasteiger partial charge in [0.15, 0.2) is 0 Å². The third-order valence-corrected chi connectivity index (χ3v) is 4.07. The van der Waals surface area contributed by atoms with E-state index in [9.17, 15) is 5.11 Å². The quantitative estimate of drug-likeness (QED) is 0.870. The number of ether oxygens (including phenoxy) is 3.